The number of alkyl halides is 1. The van der Waals surface area contributed by atoms with E-state index >= 15 is 0 Å². The summed E-state index contributed by atoms with van der Waals surface area (Å²) in [7, 11) is 0. The predicted molar refractivity (Wildman–Crippen MR) is 54.1 cm³/mol. The second kappa shape index (κ2) is 3.47. The summed E-state index contributed by atoms with van der Waals surface area (Å²) < 4.78 is 0. The van der Waals surface area contributed by atoms with Crippen LogP contribution in [-0.4, -0.2) is 4.83 Å². The van der Waals surface area contributed by atoms with Gasteiger partial charge in [0.25, 0.3) is 0 Å². The molecule has 1 saturated carbocycles. The number of hydrogen-bond acceptors (Lipinski definition) is 0. The quantitative estimate of drug-likeness (QED) is 0.585. The minimum atomic E-state index is 0.623. The highest BCUT2D eigenvalue weighted by Crippen LogP contribution is 2.40. The molecule has 0 aromatic carbocycles. The second-order valence-corrected chi connectivity index (χ2v) is 6.12. The zero-order valence-electron chi connectivity index (χ0n) is 7.86. The third-order valence-corrected chi connectivity index (χ3v) is 3.78. The molecule has 0 spiro atoms. The number of halogens is 1. The third-order valence-electron chi connectivity index (χ3n) is 3.03. The normalized spacial score (nSPS) is 28.4. The van der Waals surface area contributed by atoms with Gasteiger partial charge in [0, 0.05) is 4.83 Å². The zero-order valence-corrected chi connectivity index (χ0v) is 9.45. The molecule has 0 amide bonds. The van der Waals surface area contributed by atoms with Crippen LogP contribution in [0.3, 0.4) is 0 Å². The average Bonchev–Trinajstić information content (AvgIpc) is 1.86. The van der Waals surface area contributed by atoms with E-state index in [2.05, 4.69) is 36.7 Å². The van der Waals surface area contributed by atoms with Crippen molar-refractivity contribution in [3.63, 3.8) is 0 Å². The molecule has 0 aliphatic heterocycles. The van der Waals surface area contributed by atoms with Crippen LogP contribution >= 0.6 is 15.9 Å². The lowest BCUT2D eigenvalue weighted by Crippen LogP contribution is -2.24. The molecule has 66 valence electrons. The van der Waals surface area contributed by atoms with Gasteiger partial charge in [-0.3, -0.25) is 0 Å². The second-order valence-electron chi connectivity index (χ2n) is 4.68. The van der Waals surface area contributed by atoms with Crippen molar-refractivity contribution in [3.05, 3.63) is 0 Å². The van der Waals surface area contributed by atoms with Gasteiger partial charge < -0.3 is 0 Å². The summed E-state index contributed by atoms with van der Waals surface area (Å²) in [6, 6.07) is 0. The van der Waals surface area contributed by atoms with Gasteiger partial charge in [-0.1, -0.05) is 36.7 Å². The minimum Gasteiger partial charge on any atom is -0.0891 e. The molecule has 0 radical (unpaired) electrons. The van der Waals surface area contributed by atoms with E-state index in [9.17, 15) is 0 Å². The van der Waals surface area contributed by atoms with Crippen LogP contribution in [0, 0.1) is 11.3 Å². The summed E-state index contributed by atoms with van der Waals surface area (Å²) in [6.45, 7) is 7.06. The van der Waals surface area contributed by atoms with E-state index in [-0.39, 0.29) is 0 Å². The summed E-state index contributed by atoms with van der Waals surface area (Å²) >= 11 is 3.67. The van der Waals surface area contributed by atoms with E-state index in [4.69, 9.17) is 0 Å². The molecule has 0 bridgehead atoms. The molecule has 1 unspecified atom stereocenters. The van der Waals surface area contributed by atoms with Crippen molar-refractivity contribution in [1.29, 1.82) is 0 Å². The largest absolute Gasteiger partial charge is 0.0891 e. The fourth-order valence-electron chi connectivity index (χ4n) is 1.88. The van der Waals surface area contributed by atoms with Crippen LogP contribution in [0.15, 0.2) is 0 Å². The smallest absolute Gasteiger partial charge is 0.0145 e. The van der Waals surface area contributed by atoms with Crippen molar-refractivity contribution >= 4 is 15.9 Å². The molecule has 0 nitrogen and oxygen atoms in total. The van der Waals surface area contributed by atoms with Gasteiger partial charge in [-0.2, -0.15) is 0 Å². The molecular formula is C10H19Br. The maximum absolute atomic E-state index is 3.67. The van der Waals surface area contributed by atoms with Gasteiger partial charge >= 0.3 is 0 Å². The van der Waals surface area contributed by atoms with Crippen LogP contribution in [0.2, 0.25) is 0 Å². The molecule has 0 aromatic heterocycles. The zero-order chi connectivity index (χ0) is 8.48. The first-order chi connectivity index (χ1) is 5.01. The molecule has 0 N–H and O–H groups in total. The van der Waals surface area contributed by atoms with E-state index in [1.54, 1.807) is 0 Å². The summed E-state index contributed by atoms with van der Waals surface area (Å²) in [5.41, 5.74) is 0.623. The fraction of sp³-hybridized carbons (Fsp3) is 1.00. The SMILES string of the molecule is CC(Br)C1CCC(C)(C)CC1. The summed E-state index contributed by atoms with van der Waals surface area (Å²) in [5, 5.41) is 0. The monoisotopic (exact) mass is 218 g/mol. The van der Waals surface area contributed by atoms with Gasteiger partial charge in [-0.15, -0.1) is 0 Å². The van der Waals surface area contributed by atoms with Gasteiger partial charge in [-0.05, 0) is 37.0 Å². The lowest BCUT2D eigenvalue weighted by Gasteiger charge is -2.35. The molecule has 1 rings (SSSR count). The maximum atomic E-state index is 3.67. The van der Waals surface area contributed by atoms with Crippen LogP contribution in [0.25, 0.3) is 0 Å². The lowest BCUT2D eigenvalue weighted by atomic mass is 9.72. The first-order valence-corrected chi connectivity index (χ1v) is 5.57. The van der Waals surface area contributed by atoms with Gasteiger partial charge in [0.15, 0.2) is 0 Å². The van der Waals surface area contributed by atoms with Crippen LogP contribution in [0.1, 0.15) is 46.5 Å². The summed E-state index contributed by atoms with van der Waals surface area (Å²) in [4.78, 5) is 0.721. The predicted octanol–water partition coefficient (Wildman–Crippen LogP) is 3.99. The van der Waals surface area contributed by atoms with Crippen LogP contribution in [0.5, 0.6) is 0 Å². The van der Waals surface area contributed by atoms with Gasteiger partial charge in [0.05, 0.1) is 0 Å². The molecular weight excluding hydrogens is 200 g/mol. The minimum absolute atomic E-state index is 0.623. The average molecular weight is 219 g/mol. The Balaban J connectivity index is 2.36. The summed E-state index contributed by atoms with van der Waals surface area (Å²) in [5.74, 6) is 0.933. The first kappa shape index (κ1) is 9.57. The van der Waals surface area contributed by atoms with E-state index in [1.807, 2.05) is 0 Å². The highest BCUT2D eigenvalue weighted by molar-refractivity contribution is 9.09. The Kier molecular flexibility index (Phi) is 3.02. The maximum Gasteiger partial charge on any atom is 0.0145 e. The molecule has 1 aliphatic carbocycles. The highest BCUT2D eigenvalue weighted by atomic mass is 79.9. The lowest BCUT2D eigenvalue weighted by molar-refractivity contribution is 0.192. The topological polar surface area (TPSA) is 0 Å². The standard InChI is InChI=1S/C10H19Br/c1-8(11)9-4-6-10(2,3)7-5-9/h8-9H,4-7H2,1-3H3. The van der Waals surface area contributed by atoms with Crippen molar-refractivity contribution in [3.8, 4) is 0 Å². The Morgan fingerprint density at radius 2 is 1.73 bits per heavy atom. The Morgan fingerprint density at radius 3 is 2.09 bits per heavy atom. The van der Waals surface area contributed by atoms with Crippen molar-refractivity contribution in [2.24, 2.45) is 11.3 Å². The molecule has 1 atom stereocenters. The molecule has 0 heterocycles. The Hall–Kier alpha value is 0.480. The molecule has 1 aliphatic rings. The summed E-state index contributed by atoms with van der Waals surface area (Å²) in [6.07, 6.45) is 5.65. The number of hydrogen-bond donors (Lipinski definition) is 0. The van der Waals surface area contributed by atoms with E-state index in [1.165, 1.54) is 25.7 Å². The van der Waals surface area contributed by atoms with Gasteiger partial charge in [-0.25, -0.2) is 0 Å². The van der Waals surface area contributed by atoms with Crippen molar-refractivity contribution in [2.45, 2.75) is 51.3 Å². The van der Waals surface area contributed by atoms with E-state index in [0.29, 0.717) is 5.41 Å². The van der Waals surface area contributed by atoms with Crippen molar-refractivity contribution < 1.29 is 0 Å². The van der Waals surface area contributed by atoms with Crippen LogP contribution in [-0.2, 0) is 0 Å². The molecule has 11 heavy (non-hydrogen) atoms. The Morgan fingerprint density at radius 1 is 1.27 bits per heavy atom. The Bertz CT molecular complexity index is 117. The third kappa shape index (κ3) is 2.77. The molecule has 1 fully saturated rings. The fourth-order valence-corrected chi connectivity index (χ4v) is 2.41. The van der Waals surface area contributed by atoms with Gasteiger partial charge in [0.1, 0.15) is 0 Å². The highest BCUT2D eigenvalue weighted by Gasteiger charge is 2.28. The van der Waals surface area contributed by atoms with E-state index < -0.39 is 0 Å². The molecule has 0 aromatic rings. The van der Waals surface area contributed by atoms with Gasteiger partial charge in [0.2, 0.25) is 0 Å². The van der Waals surface area contributed by atoms with Crippen LogP contribution < -0.4 is 0 Å². The van der Waals surface area contributed by atoms with Crippen molar-refractivity contribution in [1.82, 2.24) is 0 Å². The van der Waals surface area contributed by atoms with E-state index in [0.717, 1.165) is 10.7 Å². The molecule has 0 saturated heterocycles. The van der Waals surface area contributed by atoms with Crippen LogP contribution in [0.4, 0.5) is 0 Å². The molecule has 1 heteroatoms. The van der Waals surface area contributed by atoms with Crippen molar-refractivity contribution in [2.75, 3.05) is 0 Å². The number of rotatable bonds is 1. The Labute approximate surface area is 78.9 Å². The first-order valence-electron chi connectivity index (χ1n) is 4.65.